The van der Waals surface area contributed by atoms with Crippen LogP contribution in [0.15, 0.2) is 107 Å². The lowest BCUT2D eigenvalue weighted by Crippen LogP contribution is -2.33. The van der Waals surface area contributed by atoms with Gasteiger partial charge >= 0.3 is 0 Å². The maximum Gasteiger partial charge on any atom is 0.264 e. The lowest BCUT2D eigenvalue weighted by Gasteiger charge is -2.15. The molecule has 4 amide bonds. The van der Waals surface area contributed by atoms with Gasteiger partial charge in [0.05, 0.1) is 33.6 Å². The lowest BCUT2D eigenvalue weighted by atomic mass is 10.1. The number of carbonyl (C=O) groups is 4. The SMILES string of the molecule is O=C1c2ccccc2C(=O)N1COc1ccc(N=Nc2ccc(OCN3C(=O)c4ccccc4C3=O)cc2)cc1. The summed E-state index contributed by atoms with van der Waals surface area (Å²) in [6, 6.07) is 26.8. The van der Waals surface area contributed by atoms with E-state index in [0.29, 0.717) is 45.1 Å². The molecule has 2 aliphatic rings. The molecule has 2 heterocycles. The van der Waals surface area contributed by atoms with E-state index in [4.69, 9.17) is 9.47 Å². The Morgan fingerprint density at radius 1 is 0.450 bits per heavy atom. The molecule has 0 aromatic heterocycles. The summed E-state index contributed by atoms with van der Waals surface area (Å²) in [4.78, 5) is 51.9. The Hall–Kier alpha value is -5.64. The monoisotopic (exact) mass is 532 g/mol. The van der Waals surface area contributed by atoms with E-state index < -0.39 is 0 Å². The summed E-state index contributed by atoms with van der Waals surface area (Å²) >= 11 is 0. The van der Waals surface area contributed by atoms with Crippen LogP contribution >= 0.6 is 0 Å². The van der Waals surface area contributed by atoms with Crippen molar-refractivity contribution in [3.05, 3.63) is 119 Å². The van der Waals surface area contributed by atoms with E-state index in [9.17, 15) is 19.2 Å². The number of fused-ring (bicyclic) bond motifs is 2. The summed E-state index contributed by atoms with van der Waals surface area (Å²) in [5.74, 6) is -0.598. The molecule has 4 aromatic carbocycles. The third-order valence-corrected chi connectivity index (χ3v) is 6.43. The highest BCUT2D eigenvalue weighted by atomic mass is 16.5. The largest absolute Gasteiger partial charge is 0.473 e. The number of azo groups is 1. The fraction of sp³-hybridized carbons (Fsp3) is 0.0667. The molecule has 0 bridgehead atoms. The fourth-order valence-electron chi connectivity index (χ4n) is 4.32. The minimum atomic E-state index is -0.383. The molecular formula is C30H20N4O6. The first-order chi connectivity index (χ1) is 19.5. The standard InChI is InChI=1S/C30H20N4O6/c35-27-23-5-1-2-6-24(23)28(36)33(27)17-39-21-13-9-19(10-14-21)31-32-20-11-15-22(16-12-20)40-18-34-29(37)25-7-3-4-8-26(25)30(34)38/h1-16H,17-18H2. The lowest BCUT2D eigenvalue weighted by molar-refractivity contribution is 0.0506. The van der Waals surface area contributed by atoms with Crippen molar-refractivity contribution in [1.82, 2.24) is 9.80 Å². The highest BCUT2D eigenvalue weighted by Crippen LogP contribution is 2.26. The third kappa shape index (κ3) is 4.58. The van der Waals surface area contributed by atoms with Crippen LogP contribution in [0.5, 0.6) is 11.5 Å². The quantitative estimate of drug-likeness (QED) is 0.223. The molecule has 196 valence electrons. The third-order valence-electron chi connectivity index (χ3n) is 6.43. The Morgan fingerprint density at radius 2 is 0.750 bits per heavy atom. The summed E-state index contributed by atoms with van der Waals surface area (Å²) in [7, 11) is 0. The molecule has 0 spiro atoms. The van der Waals surface area contributed by atoms with Crippen LogP contribution in [0.25, 0.3) is 0 Å². The fourth-order valence-corrected chi connectivity index (χ4v) is 4.32. The van der Waals surface area contributed by atoms with Crippen molar-refractivity contribution in [3.63, 3.8) is 0 Å². The number of rotatable bonds is 8. The molecule has 10 nitrogen and oxygen atoms in total. The number of hydrogen-bond donors (Lipinski definition) is 0. The van der Waals surface area contributed by atoms with Crippen molar-refractivity contribution in [2.75, 3.05) is 13.5 Å². The van der Waals surface area contributed by atoms with E-state index in [1.807, 2.05) is 0 Å². The van der Waals surface area contributed by atoms with Gasteiger partial charge in [-0.25, -0.2) is 9.80 Å². The summed E-state index contributed by atoms with van der Waals surface area (Å²) in [5.41, 5.74) is 2.62. The molecule has 6 rings (SSSR count). The first-order valence-electron chi connectivity index (χ1n) is 12.3. The Bertz CT molecular complexity index is 1490. The Labute approximate surface area is 228 Å². The first kappa shape index (κ1) is 24.7. The normalized spacial score (nSPS) is 14.2. The topological polar surface area (TPSA) is 118 Å². The van der Waals surface area contributed by atoms with Crippen LogP contribution < -0.4 is 9.47 Å². The van der Waals surface area contributed by atoms with Crippen molar-refractivity contribution in [2.45, 2.75) is 0 Å². The zero-order valence-corrected chi connectivity index (χ0v) is 20.9. The van der Waals surface area contributed by atoms with Crippen LogP contribution in [-0.4, -0.2) is 46.9 Å². The first-order valence-corrected chi connectivity index (χ1v) is 12.3. The molecule has 0 saturated carbocycles. The van der Waals surface area contributed by atoms with Crippen molar-refractivity contribution < 1.29 is 28.7 Å². The van der Waals surface area contributed by atoms with E-state index in [1.54, 1.807) is 97.1 Å². The highest BCUT2D eigenvalue weighted by molar-refractivity contribution is 6.22. The molecule has 10 heteroatoms. The maximum atomic E-state index is 12.4. The van der Waals surface area contributed by atoms with Crippen molar-refractivity contribution in [2.24, 2.45) is 10.2 Å². The van der Waals surface area contributed by atoms with Gasteiger partial charge in [0.2, 0.25) is 0 Å². The zero-order valence-electron chi connectivity index (χ0n) is 20.9. The molecule has 40 heavy (non-hydrogen) atoms. The highest BCUT2D eigenvalue weighted by Gasteiger charge is 2.36. The maximum absolute atomic E-state index is 12.4. The summed E-state index contributed by atoms with van der Waals surface area (Å²) in [5, 5.41) is 8.40. The second-order valence-electron chi connectivity index (χ2n) is 8.90. The Morgan fingerprint density at radius 3 is 1.05 bits per heavy atom. The number of amides is 4. The van der Waals surface area contributed by atoms with Gasteiger partial charge in [-0.3, -0.25) is 19.2 Å². The van der Waals surface area contributed by atoms with Gasteiger partial charge in [-0.05, 0) is 72.8 Å². The van der Waals surface area contributed by atoms with Gasteiger partial charge in [-0.15, -0.1) is 0 Å². The van der Waals surface area contributed by atoms with E-state index >= 15 is 0 Å². The van der Waals surface area contributed by atoms with Crippen LogP contribution in [0.3, 0.4) is 0 Å². The Kier molecular flexibility index (Phi) is 6.33. The van der Waals surface area contributed by atoms with Gasteiger partial charge in [0.25, 0.3) is 23.6 Å². The van der Waals surface area contributed by atoms with Gasteiger partial charge in [0, 0.05) is 0 Å². The molecule has 2 aliphatic heterocycles. The molecule has 0 radical (unpaired) electrons. The zero-order chi connectivity index (χ0) is 27.6. The number of hydrogen-bond acceptors (Lipinski definition) is 8. The van der Waals surface area contributed by atoms with Crippen molar-refractivity contribution in [3.8, 4) is 11.5 Å². The van der Waals surface area contributed by atoms with Crippen molar-refractivity contribution in [1.29, 1.82) is 0 Å². The number of nitrogens with zero attached hydrogens (tertiary/aromatic N) is 4. The average Bonchev–Trinajstić information content (AvgIpc) is 3.39. The van der Waals surface area contributed by atoms with Gasteiger partial charge in [-0.2, -0.15) is 10.2 Å². The molecular weight excluding hydrogens is 512 g/mol. The molecule has 0 unspecified atom stereocenters. The smallest absolute Gasteiger partial charge is 0.264 e. The van der Waals surface area contributed by atoms with E-state index in [2.05, 4.69) is 10.2 Å². The van der Waals surface area contributed by atoms with Crippen LogP contribution in [0.2, 0.25) is 0 Å². The molecule has 0 atom stereocenters. The molecule has 0 N–H and O–H groups in total. The van der Waals surface area contributed by atoms with E-state index in [1.165, 1.54) is 0 Å². The minimum absolute atomic E-state index is 0.200. The molecule has 0 saturated heterocycles. The minimum Gasteiger partial charge on any atom is -0.473 e. The Balaban J connectivity index is 1.01. The van der Waals surface area contributed by atoms with Gasteiger partial charge in [0.15, 0.2) is 13.5 Å². The molecule has 0 aliphatic carbocycles. The second-order valence-corrected chi connectivity index (χ2v) is 8.90. The molecule has 4 aromatic rings. The van der Waals surface area contributed by atoms with Gasteiger partial charge < -0.3 is 9.47 Å². The predicted octanol–water partition coefficient (Wildman–Crippen LogP) is 5.37. The number of carbonyl (C=O) groups excluding carboxylic acids is 4. The van der Waals surface area contributed by atoms with Crippen LogP contribution in [-0.2, 0) is 0 Å². The number of imide groups is 2. The summed E-state index contributed by atoms with van der Waals surface area (Å²) in [6.45, 7) is -0.400. The van der Waals surface area contributed by atoms with Gasteiger partial charge in [0.1, 0.15) is 11.5 Å². The average molecular weight is 533 g/mol. The summed E-state index contributed by atoms with van der Waals surface area (Å²) in [6.07, 6.45) is 0. The van der Waals surface area contributed by atoms with Crippen LogP contribution in [0.1, 0.15) is 41.4 Å². The van der Waals surface area contributed by atoms with E-state index in [-0.39, 0.29) is 37.1 Å². The predicted molar refractivity (Wildman–Crippen MR) is 142 cm³/mol. The second kappa shape index (κ2) is 10.3. The number of ether oxygens (including phenoxy) is 2. The van der Waals surface area contributed by atoms with Crippen LogP contribution in [0, 0.1) is 0 Å². The van der Waals surface area contributed by atoms with Crippen molar-refractivity contribution >= 4 is 35.0 Å². The number of benzene rings is 4. The summed E-state index contributed by atoms with van der Waals surface area (Å²) < 4.78 is 11.3. The van der Waals surface area contributed by atoms with Gasteiger partial charge in [-0.1, -0.05) is 24.3 Å². The van der Waals surface area contributed by atoms with E-state index in [0.717, 1.165) is 9.80 Å². The molecule has 0 fully saturated rings. The van der Waals surface area contributed by atoms with Crippen LogP contribution in [0.4, 0.5) is 11.4 Å².